The van der Waals surface area contributed by atoms with Crippen molar-refractivity contribution in [3.8, 4) is 5.75 Å². The number of nitrogens with zero attached hydrogens (tertiary/aromatic N) is 5. The zero-order chi connectivity index (χ0) is 10.3. The van der Waals surface area contributed by atoms with Crippen LogP contribution < -0.4 is 0 Å². The Morgan fingerprint density at radius 1 is 1.13 bits per heavy atom. The molecule has 1 aliphatic heterocycles. The summed E-state index contributed by atoms with van der Waals surface area (Å²) in [6.45, 7) is 0. The molecule has 0 radical (unpaired) electrons. The van der Waals surface area contributed by atoms with Gasteiger partial charge in [-0.2, -0.15) is 0 Å². The van der Waals surface area contributed by atoms with Crippen molar-refractivity contribution in [2.75, 3.05) is 0 Å². The van der Waals surface area contributed by atoms with Gasteiger partial charge in [0.1, 0.15) is 5.75 Å². The third kappa shape index (κ3) is 1.11. The molecule has 1 aliphatic rings. The molecular weight excluding hydrogens is 194 g/mol. The van der Waals surface area contributed by atoms with E-state index in [0.717, 1.165) is 10.9 Å². The van der Waals surface area contributed by atoms with Crippen LogP contribution in [0.1, 0.15) is 6.29 Å². The minimum Gasteiger partial charge on any atom is -0.506 e. The minimum absolute atomic E-state index is 0.211. The molecule has 74 valence electrons. The molecule has 3 rings (SSSR count). The maximum atomic E-state index is 9.69. The Bertz CT molecular complexity index is 559. The fraction of sp³-hybridized carbons (Fsp3) is 0.111. The highest BCUT2D eigenvalue weighted by Crippen LogP contribution is 2.31. The fourth-order valence-electron chi connectivity index (χ4n) is 1.65. The Balaban J connectivity index is 2.27. The lowest BCUT2D eigenvalue weighted by molar-refractivity contribution is 0.472. The molecule has 15 heavy (non-hydrogen) atoms. The van der Waals surface area contributed by atoms with E-state index in [0.29, 0.717) is 0 Å². The summed E-state index contributed by atoms with van der Waals surface area (Å²) in [5.41, 5.74) is 0.861. The third-order valence-electron chi connectivity index (χ3n) is 2.32. The van der Waals surface area contributed by atoms with Crippen molar-refractivity contribution in [2.24, 2.45) is 20.7 Å². The van der Waals surface area contributed by atoms with E-state index in [4.69, 9.17) is 0 Å². The van der Waals surface area contributed by atoms with Gasteiger partial charge in [-0.1, -0.05) is 12.1 Å². The van der Waals surface area contributed by atoms with Gasteiger partial charge in [-0.05, 0) is 22.6 Å². The Labute approximate surface area is 84.5 Å². The van der Waals surface area contributed by atoms with Crippen LogP contribution in [-0.2, 0) is 0 Å². The number of para-hydroxylation sites is 1. The first-order chi connectivity index (χ1) is 7.36. The monoisotopic (exact) mass is 201 g/mol. The highest BCUT2D eigenvalue weighted by atomic mass is 16.3. The molecule has 6 nitrogen and oxygen atoms in total. The summed E-state index contributed by atoms with van der Waals surface area (Å²) < 4.78 is 1.73. The predicted octanol–water partition coefficient (Wildman–Crippen LogP) is 2.64. The van der Waals surface area contributed by atoms with E-state index in [9.17, 15) is 5.11 Å². The molecule has 0 fully saturated rings. The Kier molecular flexibility index (Phi) is 1.55. The molecule has 0 aliphatic carbocycles. The van der Waals surface area contributed by atoms with E-state index < -0.39 is 6.29 Å². The molecule has 0 atom stereocenters. The maximum absolute atomic E-state index is 9.69. The smallest absolute Gasteiger partial charge is 0.262 e. The van der Waals surface area contributed by atoms with Gasteiger partial charge in [0.25, 0.3) is 6.29 Å². The third-order valence-corrected chi connectivity index (χ3v) is 2.32. The van der Waals surface area contributed by atoms with Crippen molar-refractivity contribution in [2.45, 2.75) is 6.29 Å². The average molecular weight is 201 g/mol. The van der Waals surface area contributed by atoms with E-state index in [1.54, 1.807) is 10.8 Å². The number of benzene rings is 1. The molecule has 1 aromatic heterocycles. The molecule has 1 N–H and O–H groups in total. The number of rotatable bonds is 1. The van der Waals surface area contributed by atoms with Gasteiger partial charge in [0.2, 0.25) is 0 Å². The summed E-state index contributed by atoms with van der Waals surface area (Å²) in [6.07, 6.45) is 1.09. The zero-order valence-corrected chi connectivity index (χ0v) is 7.65. The molecular formula is C9H7N5O. The van der Waals surface area contributed by atoms with Crippen LogP contribution in [0.15, 0.2) is 51.1 Å². The van der Waals surface area contributed by atoms with Crippen molar-refractivity contribution >= 4 is 10.9 Å². The van der Waals surface area contributed by atoms with E-state index >= 15 is 0 Å². The zero-order valence-electron chi connectivity index (χ0n) is 7.65. The number of hydrogen-bond acceptors (Lipinski definition) is 5. The molecule has 0 unspecified atom stereocenters. The van der Waals surface area contributed by atoms with Gasteiger partial charge in [0.05, 0.1) is 11.7 Å². The largest absolute Gasteiger partial charge is 0.506 e. The summed E-state index contributed by atoms with van der Waals surface area (Å²) in [7, 11) is 0. The quantitative estimate of drug-likeness (QED) is 0.756. The van der Waals surface area contributed by atoms with Gasteiger partial charge in [-0.3, -0.25) is 4.57 Å². The summed E-state index contributed by atoms with van der Waals surface area (Å²) in [4.78, 5) is 0. The Hall–Kier alpha value is -2.24. The molecule has 1 aromatic carbocycles. The maximum Gasteiger partial charge on any atom is 0.262 e. The van der Waals surface area contributed by atoms with Crippen LogP contribution in [0.25, 0.3) is 10.9 Å². The molecule has 0 saturated heterocycles. The van der Waals surface area contributed by atoms with Gasteiger partial charge < -0.3 is 5.11 Å². The Morgan fingerprint density at radius 2 is 1.87 bits per heavy atom. The van der Waals surface area contributed by atoms with E-state index in [-0.39, 0.29) is 5.75 Å². The lowest BCUT2D eigenvalue weighted by Crippen LogP contribution is -1.98. The predicted molar refractivity (Wildman–Crippen MR) is 52.4 cm³/mol. The average Bonchev–Trinajstić information content (AvgIpc) is 2.87. The number of hydrogen-bond donors (Lipinski definition) is 1. The first-order valence-electron chi connectivity index (χ1n) is 4.45. The Morgan fingerprint density at radius 3 is 2.67 bits per heavy atom. The van der Waals surface area contributed by atoms with Crippen molar-refractivity contribution in [1.29, 1.82) is 0 Å². The first-order valence-corrected chi connectivity index (χ1v) is 4.45. The summed E-state index contributed by atoms with van der Waals surface area (Å²) in [5.74, 6) is 0.211. The highest BCUT2D eigenvalue weighted by molar-refractivity contribution is 5.86. The van der Waals surface area contributed by atoms with Crippen molar-refractivity contribution in [1.82, 2.24) is 4.57 Å². The molecule has 0 bridgehead atoms. The number of aromatic hydroxyl groups is 1. The number of aromatic nitrogens is 1. The van der Waals surface area contributed by atoms with Crippen LogP contribution in [0.3, 0.4) is 0 Å². The van der Waals surface area contributed by atoms with Gasteiger partial charge in [-0.15, -0.1) is 10.2 Å². The van der Waals surface area contributed by atoms with Crippen LogP contribution in [0, 0.1) is 0 Å². The lowest BCUT2D eigenvalue weighted by atomic mass is 10.2. The van der Waals surface area contributed by atoms with Crippen molar-refractivity contribution < 1.29 is 5.11 Å². The molecule has 2 aromatic rings. The second kappa shape index (κ2) is 2.88. The van der Waals surface area contributed by atoms with E-state index in [2.05, 4.69) is 20.7 Å². The van der Waals surface area contributed by atoms with Gasteiger partial charge in [0.15, 0.2) is 0 Å². The van der Waals surface area contributed by atoms with Crippen LogP contribution >= 0.6 is 0 Å². The fourth-order valence-corrected chi connectivity index (χ4v) is 1.65. The van der Waals surface area contributed by atoms with Gasteiger partial charge in [0, 0.05) is 5.39 Å². The molecule has 0 amide bonds. The standard InChI is InChI=1S/C9H7N5O/c15-8-5-14(9-10-12-13-11-9)7-4-2-1-3-6(7)8/h1-5,9,15H. The molecule has 6 heteroatoms. The van der Waals surface area contributed by atoms with Crippen LogP contribution in [0.5, 0.6) is 5.75 Å². The molecule has 0 spiro atoms. The van der Waals surface area contributed by atoms with Crippen molar-refractivity contribution in [3.63, 3.8) is 0 Å². The minimum atomic E-state index is -0.490. The summed E-state index contributed by atoms with van der Waals surface area (Å²) >= 11 is 0. The lowest BCUT2D eigenvalue weighted by Gasteiger charge is -2.03. The van der Waals surface area contributed by atoms with Gasteiger partial charge >= 0.3 is 0 Å². The normalized spacial score (nSPS) is 15.5. The van der Waals surface area contributed by atoms with Crippen LogP contribution in [0.2, 0.25) is 0 Å². The van der Waals surface area contributed by atoms with E-state index in [1.165, 1.54) is 0 Å². The summed E-state index contributed by atoms with van der Waals surface area (Å²) in [5, 5.41) is 25.0. The summed E-state index contributed by atoms with van der Waals surface area (Å²) in [6, 6.07) is 7.48. The second-order valence-corrected chi connectivity index (χ2v) is 3.19. The van der Waals surface area contributed by atoms with Crippen LogP contribution in [-0.4, -0.2) is 9.67 Å². The highest BCUT2D eigenvalue weighted by Gasteiger charge is 2.16. The first kappa shape index (κ1) is 8.10. The number of fused-ring (bicyclic) bond motifs is 1. The van der Waals surface area contributed by atoms with Crippen molar-refractivity contribution in [3.05, 3.63) is 30.5 Å². The second-order valence-electron chi connectivity index (χ2n) is 3.19. The molecule has 0 saturated carbocycles. The van der Waals surface area contributed by atoms with Gasteiger partial charge in [-0.25, -0.2) is 0 Å². The van der Waals surface area contributed by atoms with E-state index in [1.807, 2.05) is 24.3 Å². The topological polar surface area (TPSA) is 74.6 Å². The van der Waals surface area contributed by atoms with Crippen LogP contribution in [0.4, 0.5) is 0 Å². The molecule has 2 heterocycles. The SMILES string of the molecule is Oc1cn(C2N=NN=N2)c2ccccc12.